The molecule has 1 nitrogen and oxygen atoms in total. The van der Waals surface area contributed by atoms with E-state index >= 15 is 0 Å². The normalized spacial score (nSPS) is 12.6. The van der Waals surface area contributed by atoms with Gasteiger partial charge in [0.15, 0.2) is 0 Å². The third kappa shape index (κ3) is 3.48. The van der Waals surface area contributed by atoms with Gasteiger partial charge >= 0.3 is 0 Å². The van der Waals surface area contributed by atoms with Gasteiger partial charge in [-0.2, -0.15) is 0 Å². The molecule has 0 amide bonds. The first-order valence-corrected chi connectivity index (χ1v) is 7.47. The highest BCUT2D eigenvalue weighted by Crippen LogP contribution is 2.27. The lowest BCUT2D eigenvalue weighted by molar-refractivity contribution is 0.560. The molecule has 0 radical (unpaired) electrons. The van der Waals surface area contributed by atoms with Gasteiger partial charge in [-0.25, -0.2) is 0 Å². The summed E-state index contributed by atoms with van der Waals surface area (Å²) >= 11 is 14.0. The maximum absolute atomic E-state index is 6.22. The molecule has 1 atom stereocenters. The molecule has 18 heavy (non-hydrogen) atoms. The van der Waals surface area contributed by atoms with E-state index in [1.807, 2.05) is 25.2 Å². The van der Waals surface area contributed by atoms with Gasteiger partial charge in [-0.3, -0.25) is 0 Å². The Labute approximate surface area is 122 Å². The van der Waals surface area contributed by atoms with Crippen LogP contribution in [0, 0.1) is 0 Å². The molecule has 96 valence electrons. The standard InChI is InChI=1S/C14H15Cl2NS/c1-17-11(9-12-5-3-7-18-12)8-10-4-2-6-13(15)14(10)16/h2-7,11,17H,8-9H2,1H3. The zero-order chi connectivity index (χ0) is 13.0. The highest BCUT2D eigenvalue weighted by Gasteiger charge is 2.12. The van der Waals surface area contributed by atoms with Gasteiger partial charge in [0.25, 0.3) is 0 Å². The maximum atomic E-state index is 6.22. The molecule has 0 aliphatic carbocycles. The Balaban J connectivity index is 2.08. The molecule has 0 bridgehead atoms. The number of rotatable bonds is 5. The van der Waals surface area contributed by atoms with Crippen LogP contribution in [-0.2, 0) is 12.8 Å². The van der Waals surface area contributed by atoms with Crippen molar-refractivity contribution in [3.05, 3.63) is 56.2 Å². The Morgan fingerprint density at radius 1 is 1.17 bits per heavy atom. The molecule has 2 aromatic rings. The molecular weight excluding hydrogens is 285 g/mol. The molecule has 1 N–H and O–H groups in total. The van der Waals surface area contributed by atoms with Gasteiger partial charge in [0.2, 0.25) is 0 Å². The summed E-state index contributed by atoms with van der Waals surface area (Å²) in [5, 5.41) is 6.74. The van der Waals surface area contributed by atoms with Crippen LogP contribution < -0.4 is 5.32 Å². The van der Waals surface area contributed by atoms with Gasteiger partial charge in [-0.15, -0.1) is 11.3 Å². The molecule has 0 saturated heterocycles. The van der Waals surface area contributed by atoms with E-state index in [0.29, 0.717) is 16.1 Å². The Morgan fingerprint density at radius 2 is 2.00 bits per heavy atom. The summed E-state index contributed by atoms with van der Waals surface area (Å²) < 4.78 is 0. The molecule has 1 unspecified atom stereocenters. The lowest BCUT2D eigenvalue weighted by Crippen LogP contribution is -2.29. The van der Waals surface area contributed by atoms with Crippen molar-refractivity contribution in [3.63, 3.8) is 0 Å². The number of halogens is 2. The van der Waals surface area contributed by atoms with Gasteiger partial charge in [0.1, 0.15) is 0 Å². The van der Waals surface area contributed by atoms with Crippen molar-refractivity contribution >= 4 is 34.5 Å². The second-order valence-electron chi connectivity index (χ2n) is 4.19. The van der Waals surface area contributed by atoms with Crippen LogP contribution in [0.25, 0.3) is 0 Å². The molecule has 1 aromatic carbocycles. The number of hydrogen-bond acceptors (Lipinski definition) is 2. The molecule has 4 heteroatoms. The second kappa shape index (κ2) is 6.58. The van der Waals surface area contributed by atoms with Gasteiger partial charge in [-0.05, 0) is 43.0 Å². The average Bonchev–Trinajstić information content (AvgIpc) is 2.86. The molecular formula is C14H15Cl2NS. The number of benzene rings is 1. The van der Waals surface area contributed by atoms with E-state index in [1.165, 1.54) is 4.88 Å². The van der Waals surface area contributed by atoms with Crippen LogP contribution in [0.15, 0.2) is 35.7 Å². The van der Waals surface area contributed by atoms with E-state index in [9.17, 15) is 0 Å². The van der Waals surface area contributed by atoms with Gasteiger partial charge in [0, 0.05) is 10.9 Å². The van der Waals surface area contributed by atoms with Crippen LogP contribution >= 0.6 is 34.5 Å². The van der Waals surface area contributed by atoms with Crippen molar-refractivity contribution in [3.8, 4) is 0 Å². The fraction of sp³-hybridized carbons (Fsp3) is 0.286. The van der Waals surface area contributed by atoms with Gasteiger partial charge in [0.05, 0.1) is 10.0 Å². The maximum Gasteiger partial charge on any atom is 0.0624 e. The summed E-state index contributed by atoms with van der Waals surface area (Å²) in [6, 6.07) is 10.4. The van der Waals surface area contributed by atoms with Crippen molar-refractivity contribution in [2.24, 2.45) is 0 Å². The summed E-state index contributed by atoms with van der Waals surface area (Å²) in [7, 11) is 1.98. The second-order valence-corrected chi connectivity index (χ2v) is 6.00. The molecule has 0 saturated carbocycles. The first-order chi connectivity index (χ1) is 8.70. The fourth-order valence-electron chi connectivity index (χ4n) is 1.92. The smallest absolute Gasteiger partial charge is 0.0624 e. The Hall–Kier alpha value is -0.540. The van der Waals surface area contributed by atoms with Crippen molar-refractivity contribution in [1.82, 2.24) is 5.32 Å². The van der Waals surface area contributed by atoms with Crippen molar-refractivity contribution in [2.45, 2.75) is 18.9 Å². The van der Waals surface area contributed by atoms with Crippen molar-refractivity contribution < 1.29 is 0 Å². The van der Waals surface area contributed by atoms with E-state index in [2.05, 4.69) is 22.8 Å². The Morgan fingerprint density at radius 3 is 2.67 bits per heavy atom. The number of likely N-dealkylation sites (N-methyl/N-ethyl adjacent to an activating group) is 1. The summed E-state index contributed by atoms with van der Waals surface area (Å²) in [5.74, 6) is 0. The molecule has 1 aromatic heterocycles. The monoisotopic (exact) mass is 299 g/mol. The minimum atomic E-state index is 0.375. The molecule has 0 fully saturated rings. The summed E-state index contributed by atoms with van der Waals surface area (Å²) in [4.78, 5) is 1.38. The third-order valence-electron chi connectivity index (χ3n) is 2.93. The highest BCUT2D eigenvalue weighted by atomic mass is 35.5. The van der Waals surface area contributed by atoms with E-state index in [0.717, 1.165) is 18.4 Å². The molecule has 0 aliphatic rings. The van der Waals surface area contributed by atoms with E-state index in [-0.39, 0.29) is 0 Å². The van der Waals surface area contributed by atoms with Crippen LogP contribution in [0.2, 0.25) is 10.0 Å². The highest BCUT2D eigenvalue weighted by molar-refractivity contribution is 7.09. The van der Waals surface area contributed by atoms with Crippen LogP contribution in [0.5, 0.6) is 0 Å². The van der Waals surface area contributed by atoms with Crippen molar-refractivity contribution in [1.29, 1.82) is 0 Å². The van der Waals surface area contributed by atoms with Gasteiger partial charge < -0.3 is 5.32 Å². The largest absolute Gasteiger partial charge is 0.316 e. The zero-order valence-corrected chi connectivity index (χ0v) is 12.4. The number of thiophene rings is 1. The molecule has 2 rings (SSSR count). The molecule has 0 aliphatic heterocycles. The zero-order valence-electron chi connectivity index (χ0n) is 10.1. The Kier molecular flexibility index (Phi) is 5.07. The SMILES string of the molecule is CNC(Cc1cccs1)Cc1cccc(Cl)c1Cl. The number of nitrogens with one attached hydrogen (secondary N) is 1. The van der Waals surface area contributed by atoms with Crippen LogP contribution in [0.4, 0.5) is 0 Å². The first kappa shape index (κ1) is 13.9. The van der Waals surface area contributed by atoms with Crippen LogP contribution in [0.3, 0.4) is 0 Å². The van der Waals surface area contributed by atoms with Gasteiger partial charge in [-0.1, -0.05) is 41.4 Å². The molecule has 0 spiro atoms. The predicted molar refractivity (Wildman–Crippen MR) is 81.0 cm³/mol. The summed E-state index contributed by atoms with van der Waals surface area (Å²) in [6.45, 7) is 0. The van der Waals surface area contributed by atoms with Crippen molar-refractivity contribution in [2.75, 3.05) is 7.05 Å². The number of hydrogen-bond donors (Lipinski definition) is 1. The topological polar surface area (TPSA) is 12.0 Å². The lowest BCUT2D eigenvalue weighted by Gasteiger charge is -2.16. The van der Waals surface area contributed by atoms with Crippen LogP contribution in [-0.4, -0.2) is 13.1 Å². The fourth-order valence-corrected chi connectivity index (χ4v) is 3.10. The molecule has 1 heterocycles. The van der Waals surface area contributed by atoms with E-state index in [4.69, 9.17) is 23.2 Å². The van der Waals surface area contributed by atoms with E-state index < -0.39 is 0 Å². The minimum absolute atomic E-state index is 0.375. The third-order valence-corrected chi connectivity index (χ3v) is 4.69. The first-order valence-electron chi connectivity index (χ1n) is 5.83. The van der Waals surface area contributed by atoms with E-state index in [1.54, 1.807) is 11.3 Å². The summed E-state index contributed by atoms with van der Waals surface area (Å²) in [5.41, 5.74) is 1.10. The minimum Gasteiger partial charge on any atom is -0.316 e. The predicted octanol–water partition coefficient (Wildman–Crippen LogP) is 4.43. The Bertz CT molecular complexity index is 497. The average molecular weight is 300 g/mol. The lowest BCUT2D eigenvalue weighted by atomic mass is 10.0. The summed E-state index contributed by atoms with van der Waals surface area (Å²) in [6.07, 6.45) is 1.89. The van der Waals surface area contributed by atoms with Crippen LogP contribution in [0.1, 0.15) is 10.4 Å². The quantitative estimate of drug-likeness (QED) is 0.861.